The van der Waals surface area contributed by atoms with Crippen LogP contribution < -0.4 is 4.90 Å². The number of halogens is 2. The van der Waals surface area contributed by atoms with Gasteiger partial charge in [-0.25, -0.2) is 18.7 Å². The third kappa shape index (κ3) is 4.60. The number of aromatic nitrogens is 4. The minimum Gasteiger partial charge on any atom is -0.396 e. The van der Waals surface area contributed by atoms with E-state index in [-0.39, 0.29) is 24.9 Å². The lowest BCUT2D eigenvalue weighted by molar-refractivity contribution is 0.297. The van der Waals surface area contributed by atoms with Gasteiger partial charge >= 0.3 is 0 Å². The molecule has 0 aliphatic carbocycles. The van der Waals surface area contributed by atoms with E-state index in [1.165, 1.54) is 24.5 Å². The predicted octanol–water partition coefficient (Wildman–Crippen LogP) is 5.00. The Labute approximate surface area is 201 Å². The Hall–Kier alpha value is -3.46. The highest BCUT2D eigenvalue weighted by molar-refractivity contribution is 5.99. The first-order chi connectivity index (χ1) is 16.9. The van der Waals surface area contributed by atoms with E-state index in [2.05, 4.69) is 25.0 Å². The van der Waals surface area contributed by atoms with E-state index in [0.717, 1.165) is 12.8 Å². The van der Waals surface area contributed by atoms with Gasteiger partial charge in [-0.2, -0.15) is 4.98 Å². The quantitative estimate of drug-likeness (QED) is 0.416. The first-order valence-electron chi connectivity index (χ1n) is 11.9. The number of benzene rings is 2. The van der Waals surface area contributed by atoms with Gasteiger partial charge in [0.05, 0.1) is 5.52 Å². The van der Waals surface area contributed by atoms with Crippen LogP contribution in [0.5, 0.6) is 0 Å². The fraction of sp³-hybridized carbons (Fsp3) is 0.385. The Kier molecular flexibility index (Phi) is 6.42. The monoisotopic (exact) mass is 479 g/mol. The number of hydrogen-bond donors (Lipinski definition) is 1. The van der Waals surface area contributed by atoms with E-state index in [0.29, 0.717) is 58.2 Å². The average Bonchev–Trinajstić information content (AvgIpc) is 3.36. The molecule has 4 aromatic rings. The SMILES string of the molecule is CC(C)c1noc(C2CCN(c3ncnc4c(-c5ccc(CCO)c(F)c5)cc(F)cc34)CC2)n1. The Balaban J connectivity index is 1.44. The van der Waals surface area contributed by atoms with Crippen molar-refractivity contribution in [2.75, 3.05) is 24.6 Å². The molecule has 0 saturated carbocycles. The highest BCUT2D eigenvalue weighted by atomic mass is 19.1. The Morgan fingerprint density at radius 3 is 2.60 bits per heavy atom. The van der Waals surface area contributed by atoms with Crippen molar-refractivity contribution in [3.05, 3.63) is 65.6 Å². The van der Waals surface area contributed by atoms with Gasteiger partial charge in [0, 0.05) is 42.5 Å². The number of aliphatic hydroxyl groups excluding tert-OH is 1. The van der Waals surface area contributed by atoms with Crippen molar-refractivity contribution >= 4 is 16.7 Å². The lowest BCUT2D eigenvalue weighted by Gasteiger charge is -2.32. The molecule has 2 aromatic carbocycles. The topological polar surface area (TPSA) is 88.2 Å². The predicted molar refractivity (Wildman–Crippen MR) is 128 cm³/mol. The molecular weight excluding hydrogens is 452 g/mol. The van der Waals surface area contributed by atoms with Crippen LogP contribution in [0.4, 0.5) is 14.6 Å². The molecule has 0 spiro atoms. The second-order valence-electron chi connectivity index (χ2n) is 9.23. The summed E-state index contributed by atoms with van der Waals surface area (Å²) >= 11 is 0. The fourth-order valence-corrected chi connectivity index (χ4v) is 4.62. The molecule has 0 unspecified atom stereocenters. The van der Waals surface area contributed by atoms with E-state index in [4.69, 9.17) is 9.63 Å². The first kappa shape index (κ1) is 23.3. The molecule has 35 heavy (non-hydrogen) atoms. The summed E-state index contributed by atoms with van der Waals surface area (Å²) in [5, 5.41) is 13.8. The maximum absolute atomic E-state index is 14.8. The van der Waals surface area contributed by atoms with Gasteiger partial charge in [-0.15, -0.1) is 0 Å². The van der Waals surface area contributed by atoms with Crippen LogP contribution in [0, 0.1) is 11.6 Å². The lowest BCUT2D eigenvalue weighted by Crippen LogP contribution is -2.33. The van der Waals surface area contributed by atoms with Crippen molar-refractivity contribution in [2.24, 2.45) is 0 Å². The van der Waals surface area contributed by atoms with Crippen LogP contribution in [0.25, 0.3) is 22.0 Å². The maximum atomic E-state index is 14.8. The molecule has 0 radical (unpaired) electrons. The summed E-state index contributed by atoms with van der Waals surface area (Å²) in [6.07, 6.45) is 3.31. The van der Waals surface area contributed by atoms with Crippen LogP contribution in [-0.2, 0) is 6.42 Å². The normalized spacial score (nSPS) is 14.9. The molecule has 5 rings (SSSR count). The smallest absolute Gasteiger partial charge is 0.229 e. The van der Waals surface area contributed by atoms with Crippen LogP contribution in [-0.4, -0.2) is 44.9 Å². The summed E-state index contributed by atoms with van der Waals surface area (Å²) in [5.41, 5.74) is 2.00. The molecule has 1 fully saturated rings. The van der Waals surface area contributed by atoms with Gasteiger partial charge in [0.25, 0.3) is 0 Å². The van der Waals surface area contributed by atoms with Gasteiger partial charge in [-0.05, 0) is 48.6 Å². The van der Waals surface area contributed by atoms with Crippen LogP contribution in [0.1, 0.15) is 55.8 Å². The van der Waals surface area contributed by atoms with Crippen LogP contribution in [0.15, 0.2) is 41.2 Å². The number of rotatable bonds is 6. The molecule has 1 aliphatic rings. The molecule has 3 heterocycles. The summed E-state index contributed by atoms with van der Waals surface area (Å²) in [4.78, 5) is 15.6. The molecule has 0 amide bonds. The van der Waals surface area contributed by atoms with Gasteiger partial charge in [-0.3, -0.25) is 0 Å². The zero-order valence-corrected chi connectivity index (χ0v) is 19.7. The van der Waals surface area contributed by atoms with Crippen molar-refractivity contribution in [3.8, 4) is 11.1 Å². The molecule has 9 heteroatoms. The van der Waals surface area contributed by atoms with Gasteiger partial charge < -0.3 is 14.5 Å². The number of aliphatic hydroxyl groups is 1. The van der Waals surface area contributed by atoms with Crippen LogP contribution >= 0.6 is 0 Å². The fourth-order valence-electron chi connectivity index (χ4n) is 4.62. The van der Waals surface area contributed by atoms with Gasteiger partial charge in [-0.1, -0.05) is 31.1 Å². The molecule has 1 N–H and O–H groups in total. The second-order valence-corrected chi connectivity index (χ2v) is 9.23. The van der Waals surface area contributed by atoms with E-state index >= 15 is 0 Å². The number of piperidine rings is 1. The zero-order valence-electron chi connectivity index (χ0n) is 19.7. The molecule has 2 aromatic heterocycles. The minimum absolute atomic E-state index is 0.141. The molecule has 0 bridgehead atoms. The van der Waals surface area contributed by atoms with Crippen molar-refractivity contribution in [2.45, 2.75) is 44.9 Å². The van der Waals surface area contributed by atoms with Crippen LogP contribution in [0.2, 0.25) is 0 Å². The highest BCUT2D eigenvalue weighted by Gasteiger charge is 2.27. The van der Waals surface area contributed by atoms with Gasteiger partial charge in [0.1, 0.15) is 23.8 Å². The molecule has 1 aliphatic heterocycles. The summed E-state index contributed by atoms with van der Waals surface area (Å²) in [5.74, 6) is 1.54. The summed E-state index contributed by atoms with van der Waals surface area (Å²) in [6.45, 7) is 5.32. The third-order valence-corrected chi connectivity index (χ3v) is 6.55. The maximum Gasteiger partial charge on any atom is 0.229 e. The largest absolute Gasteiger partial charge is 0.396 e. The van der Waals surface area contributed by atoms with E-state index in [1.807, 2.05) is 13.8 Å². The highest BCUT2D eigenvalue weighted by Crippen LogP contribution is 2.36. The standard InChI is InChI=1S/C26H27F2N5O2/c1-15(2)24-31-26(35-32-24)17-5-8-33(9-6-17)25-21-13-19(27)12-20(23(21)29-14-30-25)18-4-3-16(7-10-34)22(28)11-18/h3-4,11-15,17,34H,5-10H2,1-2H3. The molecule has 0 atom stereocenters. The van der Waals surface area contributed by atoms with Crippen molar-refractivity contribution in [3.63, 3.8) is 0 Å². The van der Waals surface area contributed by atoms with Crippen molar-refractivity contribution in [1.82, 2.24) is 20.1 Å². The average molecular weight is 480 g/mol. The molecule has 7 nitrogen and oxygen atoms in total. The first-order valence-corrected chi connectivity index (χ1v) is 11.9. The number of nitrogens with zero attached hydrogens (tertiary/aromatic N) is 5. The van der Waals surface area contributed by atoms with Crippen molar-refractivity contribution < 1.29 is 18.4 Å². The molecule has 1 saturated heterocycles. The molecule has 182 valence electrons. The second kappa shape index (κ2) is 9.65. The third-order valence-electron chi connectivity index (χ3n) is 6.55. The number of anilines is 1. The summed E-state index contributed by atoms with van der Waals surface area (Å²) < 4.78 is 34.8. The summed E-state index contributed by atoms with van der Waals surface area (Å²) in [6, 6.07) is 7.51. The summed E-state index contributed by atoms with van der Waals surface area (Å²) in [7, 11) is 0. The van der Waals surface area contributed by atoms with E-state index < -0.39 is 11.6 Å². The van der Waals surface area contributed by atoms with Gasteiger partial charge in [0.2, 0.25) is 5.89 Å². The minimum atomic E-state index is -0.439. The van der Waals surface area contributed by atoms with Crippen LogP contribution in [0.3, 0.4) is 0 Å². The number of fused-ring (bicyclic) bond motifs is 1. The lowest BCUT2D eigenvalue weighted by atomic mass is 9.96. The Morgan fingerprint density at radius 1 is 1.11 bits per heavy atom. The Morgan fingerprint density at radius 2 is 1.91 bits per heavy atom. The van der Waals surface area contributed by atoms with Crippen molar-refractivity contribution in [1.29, 1.82) is 0 Å². The van der Waals surface area contributed by atoms with E-state index in [9.17, 15) is 8.78 Å². The Bertz CT molecular complexity index is 1350. The zero-order chi connectivity index (χ0) is 24.5. The molecular formula is C26H27F2N5O2. The number of hydrogen-bond acceptors (Lipinski definition) is 7. The van der Waals surface area contributed by atoms with Gasteiger partial charge in [0.15, 0.2) is 5.82 Å². The van der Waals surface area contributed by atoms with E-state index in [1.54, 1.807) is 12.1 Å².